The third-order valence-electron chi connectivity index (χ3n) is 2.68. The minimum Gasteiger partial charge on any atom is -0.484 e. The number of sulfonamides is 1. The van der Waals surface area contributed by atoms with E-state index in [1.165, 1.54) is 24.3 Å². The Bertz CT molecular complexity index is 803. The van der Waals surface area contributed by atoms with Gasteiger partial charge in [0.15, 0.2) is 11.5 Å². The summed E-state index contributed by atoms with van der Waals surface area (Å²) in [7, 11) is -4.43. The highest BCUT2D eigenvalue weighted by Gasteiger charge is 2.23. The summed E-state index contributed by atoms with van der Waals surface area (Å²) in [6, 6.07) is 8.13. The number of hydrogen-bond donors (Lipinski definition) is 2. The number of carbonyl (C=O) groups excluding carboxylic acids is 1. The van der Waals surface area contributed by atoms with Crippen LogP contribution in [0.1, 0.15) is 0 Å². The molecule has 0 heterocycles. The summed E-state index contributed by atoms with van der Waals surface area (Å²) in [4.78, 5) is 9.52. The molecule has 3 N–H and O–H groups in total. The summed E-state index contributed by atoms with van der Waals surface area (Å²) >= 11 is 0. The molecule has 0 saturated carbocycles. The van der Waals surface area contributed by atoms with Crippen LogP contribution in [-0.4, -0.2) is 20.9 Å². The molecule has 0 fully saturated rings. The monoisotopic (exact) mass is 342 g/mol. The number of hydrogen-bond acceptors (Lipinski definition) is 4. The first-order valence-corrected chi connectivity index (χ1v) is 7.76. The molecule has 23 heavy (non-hydrogen) atoms. The van der Waals surface area contributed by atoms with Crippen molar-refractivity contribution in [2.75, 3.05) is 11.3 Å². The van der Waals surface area contributed by atoms with Crippen LogP contribution in [0.3, 0.4) is 0 Å². The van der Waals surface area contributed by atoms with E-state index in [1.807, 2.05) is 0 Å². The van der Waals surface area contributed by atoms with Crippen LogP contribution >= 0.6 is 0 Å². The van der Waals surface area contributed by atoms with Crippen LogP contribution in [0.2, 0.25) is 0 Å². The fourth-order valence-electron chi connectivity index (χ4n) is 1.72. The number of nitrogens with two attached hydrogens (primary N) is 1. The number of carbonyl (C=O) groups is 1. The van der Waals surface area contributed by atoms with E-state index in [0.717, 1.165) is 18.2 Å². The number of nitrogens with one attached hydrogen (secondary N) is 1. The van der Waals surface area contributed by atoms with Crippen LogP contribution in [-0.2, 0) is 14.8 Å². The van der Waals surface area contributed by atoms with Crippen molar-refractivity contribution in [2.24, 2.45) is 5.73 Å². The van der Waals surface area contributed by atoms with Crippen molar-refractivity contribution < 1.29 is 26.7 Å². The Morgan fingerprint density at radius 1 is 1.09 bits per heavy atom. The standard InChI is InChI=1S/C14H12F2N2O4S/c15-11-2-1-3-12(16)14(11)23(20,21)18-9-4-6-10(7-5-9)22-8-13(17)19/h1-7,18H,8H2,(H2,17,19). The number of anilines is 1. The molecule has 0 bridgehead atoms. The van der Waals surface area contributed by atoms with Crippen molar-refractivity contribution in [3.8, 4) is 5.75 Å². The maximum atomic E-state index is 13.6. The van der Waals surface area contributed by atoms with Crippen LogP contribution in [0.15, 0.2) is 47.4 Å². The van der Waals surface area contributed by atoms with Crippen molar-refractivity contribution in [3.63, 3.8) is 0 Å². The molecule has 2 rings (SSSR count). The Labute approximate surface area is 130 Å². The third kappa shape index (κ3) is 4.16. The van der Waals surface area contributed by atoms with Gasteiger partial charge in [0, 0.05) is 5.69 Å². The second kappa shape index (κ2) is 6.61. The van der Waals surface area contributed by atoms with E-state index < -0.39 is 32.5 Å². The fraction of sp³-hybridized carbons (Fsp3) is 0.0714. The summed E-state index contributed by atoms with van der Waals surface area (Å²) in [6.45, 7) is -0.328. The highest BCUT2D eigenvalue weighted by molar-refractivity contribution is 7.92. The maximum absolute atomic E-state index is 13.6. The molecule has 6 nitrogen and oxygen atoms in total. The predicted molar refractivity (Wildman–Crippen MR) is 78.3 cm³/mol. The SMILES string of the molecule is NC(=O)COc1ccc(NS(=O)(=O)c2c(F)cccc2F)cc1. The third-order valence-corrected chi connectivity index (χ3v) is 4.11. The molecule has 122 valence electrons. The van der Waals surface area contributed by atoms with Crippen LogP contribution < -0.4 is 15.2 Å². The molecule has 1 amide bonds. The molecule has 9 heteroatoms. The van der Waals surface area contributed by atoms with Gasteiger partial charge in [-0.15, -0.1) is 0 Å². The highest BCUT2D eigenvalue weighted by atomic mass is 32.2. The molecule has 0 aliphatic heterocycles. The Morgan fingerprint density at radius 3 is 2.17 bits per heavy atom. The average molecular weight is 342 g/mol. The predicted octanol–water partition coefficient (Wildman–Crippen LogP) is 1.63. The fourth-order valence-corrected chi connectivity index (χ4v) is 2.92. The topological polar surface area (TPSA) is 98.5 Å². The second-order valence-electron chi connectivity index (χ2n) is 4.44. The lowest BCUT2D eigenvalue weighted by atomic mass is 10.3. The van der Waals surface area contributed by atoms with Gasteiger partial charge in [-0.2, -0.15) is 0 Å². The summed E-state index contributed by atoms with van der Waals surface area (Å²) in [5.74, 6) is -2.77. The zero-order valence-corrected chi connectivity index (χ0v) is 12.4. The molecule has 0 radical (unpaired) electrons. The van der Waals surface area contributed by atoms with E-state index in [1.54, 1.807) is 0 Å². The van der Waals surface area contributed by atoms with E-state index in [9.17, 15) is 22.0 Å². The van der Waals surface area contributed by atoms with Gasteiger partial charge < -0.3 is 10.5 Å². The minimum atomic E-state index is -4.43. The smallest absolute Gasteiger partial charge is 0.267 e. The first-order chi connectivity index (χ1) is 10.8. The number of ether oxygens (including phenoxy) is 1. The highest BCUT2D eigenvalue weighted by Crippen LogP contribution is 2.23. The largest absolute Gasteiger partial charge is 0.484 e. The number of amides is 1. The van der Waals surface area contributed by atoms with Gasteiger partial charge in [0.25, 0.3) is 15.9 Å². The van der Waals surface area contributed by atoms with Gasteiger partial charge in [-0.25, -0.2) is 17.2 Å². The average Bonchev–Trinajstić information content (AvgIpc) is 2.45. The molecule has 2 aromatic rings. The number of benzene rings is 2. The van der Waals surface area contributed by atoms with E-state index in [4.69, 9.17) is 10.5 Å². The summed E-state index contributed by atoms with van der Waals surface area (Å²) in [5, 5.41) is 0. The first kappa shape index (κ1) is 16.7. The Hall–Kier alpha value is -2.68. The van der Waals surface area contributed by atoms with Gasteiger partial charge in [-0.1, -0.05) is 6.07 Å². The van der Waals surface area contributed by atoms with Gasteiger partial charge in [0.1, 0.15) is 17.4 Å². The van der Waals surface area contributed by atoms with E-state index >= 15 is 0 Å². The van der Waals surface area contributed by atoms with Crippen LogP contribution in [0, 0.1) is 11.6 Å². The zero-order chi connectivity index (χ0) is 17.0. The number of halogens is 2. The van der Waals surface area contributed by atoms with Crippen molar-refractivity contribution in [3.05, 3.63) is 54.1 Å². The molecule has 2 aromatic carbocycles. The quantitative estimate of drug-likeness (QED) is 0.833. The maximum Gasteiger partial charge on any atom is 0.267 e. The molecule has 0 aliphatic rings. The van der Waals surface area contributed by atoms with E-state index in [-0.39, 0.29) is 18.0 Å². The molecule has 0 aliphatic carbocycles. The second-order valence-corrected chi connectivity index (χ2v) is 6.05. The Morgan fingerprint density at radius 2 is 1.65 bits per heavy atom. The summed E-state index contributed by atoms with van der Waals surface area (Å²) < 4.78 is 58.3. The summed E-state index contributed by atoms with van der Waals surface area (Å²) in [6.07, 6.45) is 0. The van der Waals surface area contributed by atoms with Gasteiger partial charge in [0.05, 0.1) is 0 Å². The van der Waals surface area contributed by atoms with Crippen molar-refractivity contribution in [2.45, 2.75) is 4.90 Å². The molecule has 0 unspecified atom stereocenters. The van der Waals surface area contributed by atoms with Gasteiger partial charge in [0.2, 0.25) is 0 Å². The van der Waals surface area contributed by atoms with Gasteiger partial charge in [-0.3, -0.25) is 9.52 Å². The molecule has 0 spiro atoms. The molecular formula is C14H12F2N2O4S. The Kier molecular flexibility index (Phi) is 4.80. The molecule has 0 aromatic heterocycles. The summed E-state index contributed by atoms with van der Waals surface area (Å²) in [5.41, 5.74) is 4.99. The van der Waals surface area contributed by atoms with Crippen molar-refractivity contribution in [1.82, 2.24) is 0 Å². The van der Waals surface area contributed by atoms with Crippen molar-refractivity contribution in [1.29, 1.82) is 0 Å². The van der Waals surface area contributed by atoms with Crippen LogP contribution in [0.5, 0.6) is 5.75 Å². The molecular weight excluding hydrogens is 330 g/mol. The minimum absolute atomic E-state index is 0.0686. The lowest BCUT2D eigenvalue weighted by molar-refractivity contribution is -0.119. The normalized spacial score (nSPS) is 11.0. The van der Waals surface area contributed by atoms with E-state index in [2.05, 4.69) is 4.72 Å². The van der Waals surface area contributed by atoms with Crippen molar-refractivity contribution >= 4 is 21.6 Å². The zero-order valence-electron chi connectivity index (χ0n) is 11.6. The first-order valence-electron chi connectivity index (χ1n) is 6.27. The van der Waals surface area contributed by atoms with E-state index in [0.29, 0.717) is 0 Å². The van der Waals surface area contributed by atoms with Gasteiger partial charge in [-0.05, 0) is 36.4 Å². The lowest BCUT2D eigenvalue weighted by Crippen LogP contribution is -2.20. The lowest BCUT2D eigenvalue weighted by Gasteiger charge is -2.10. The molecule has 0 atom stereocenters. The van der Waals surface area contributed by atoms with Crippen LogP contribution in [0.4, 0.5) is 14.5 Å². The van der Waals surface area contributed by atoms with Crippen LogP contribution in [0.25, 0.3) is 0 Å². The number of primary amides is 1. The van der Waals surface area contributed by atoms with Gasteiger partial charge >= 0.3 is 0 Å². The molecule has 0 saturated heterocycles. The number of rotatable bonds is 6. The Balaban J connectivity index is 2.19.